The lowest BCUT2D eigenvalue weighted by atomic mass is 9.87. The van der Waals surface area contributed by atoms with Crippen molar-refractivity contribution in [3.8, 4) is 0 Å². The number of aliphatic hydroxyl groups is 3. The predicted molar refractivity (Wildman–Crippen MR) is 54.1 cm³/mol. The van der Waals surface area contributed by atoms with Gasteiger partial charge < -0.3 is 24.9 Å². The van der Waals surface area contributed by atoms with Gasteiger partial charge in [-0.15, -0.1) is 0 Å². The summed E-state index contributed by atoms with van der Waals surface area (Å²) in [7, 11) is -2.53. The molecule has 1 saturated carbocycles. The molecule has 0 bridgehead atoms. The molecule has 8 heteroatoms. The van der Waals surface area contributed by atoms with Crippen LogP contribution in [0.2, 0.25) is 0 Å². The van der Waals surface area contributed by atoms with E-state index in [4.69, 9.17) is 9.63 Å². The Morgan fingerprint density at radius 2 is 1.81 bits per heavy atom. The SMILES string of the molecule is CO[C@@H]1C[C@H](O)[C@@H](O)[C@H](OP(C)(=O)O)[C@@H]1O. The van der Waals surface area contributed by atoms with Gasteiger partial charge in [0, 0.05) is 20.2 Å². The van der Waals surface area contributed by atoms with Crippen LogP contribution in [0.3, 0.4) is 0 Å². The van der Waals surface area contributed by atoms with Crippen molar-refractivity contribution in [3.63, 3.8) is 0 Å². The standard InChI is InChI=1S/C8H17O7P/c1-14-5-3-4(9)6(10)8(7(5)11)15-16(2,12)13/h4-11H,3H2,1-2H3,(H,12,13)/t4-,5+,6+,7+,8-/m0/s1. The monoisotopic (exact) mass is 256 g/mol. The molecule has 1 aliphatic carbocycles. The second-order valence-electron chi connectivity index (χ2n) is 3.93. The summed E-state index contributed by atoms with van der Waals surface area (Å²) in [6.07, 6.45) is -5.88. The van der Waals surface area contributed by atoms with Gasteiger partial charge in [-0.05, 0) is 0 Å². The molecule has 16 heavy (non-hydrogen) atoms. The smallest absolute Gasteiger partial charge is 0.325 e. The van der Waals surface area contributed by atoms with Crippen molar-refractivity contribution >= 4 is 7.60 Å². The second-order valence-corrected chi connectivity index (χ2v) is 5.75. The van der Waals surface area contributed by atoms with Gasteiger partial charge in [-0.2, -0.15) is 0 Å². The second kappa shape index (κ2) is 5.10. The summed E-state index contributed by atoms with van der Waals surface area (Å²) < 4.78 is 20.6. The summed E-state index contributed by atoms with van der Waals surface area (Å²) in [5.41, 5.74) is 0. The number of rotatable bonds is 3. The minimum Gasteiger partial charge on any atom is -0.390 e. The third-order valence-corrected chi connectivity index (χ3v) is 3.18. The van der Waals surface area contributed by atoms with Crippen molar-refractivity contribution in [2.45, 2.75) is 36.9 Å². The van der Waals surface area contributed by atoms with Gasteiger partial charge in [-0.3, -0.25) is 9.09 Å². The van der Waals surface area contributed by atoms with E-state index in [0.29, 0.717) is 0 Å². The summed E-state index contributed by atoms with van der Waals surface area (Å²) in [5.74, 6) is 0. The Hall–Kier alpha value is -0.0100. The van der Waals surface area contributed by atoms with Crippen LogP contribution in [-0.4, -0.2) is 64.5 Å². The van der Waals surface area contributed by atoms with E-state index in [2.05, 4.69) is 4.52 Å². The molecule has 1 fully saturated rings. The molecule has 96 valence electrons. The van der Waals surface area contributed by atoms with Gasteiger partial charge in [0.05, 0.1) is 12.2 Å². The van der Waals surface area contributed by atoms with Gasteiger partial charge in [-0.25, -0.2) is 0 Å². The largest absolute Gasteiger partial charge is 0.390 e. The van der Waals surface area contributed by atoms with E-state index in [1.165, 1.54) is 7.11 Å². The Labute approximate surface area is 93.2 Å². The van der Waals surface area contributed by atoms with Gasteiger partial charge in [0.2, 0.25) is 0 Å². The van der Waals surface area contributed by atoms with E-state index >= 15 is 0 Å². The van der Waals surface area contributed by atoms with E-state index in [9.17, 15) is 19.9 Å². The number of methoxy groups -OCH3 is 1. The molecule has 0 saturated heterocycles. The Balaban J connectivity index is 2.81. The summed E-state index contributed by atoms with van der Waals surface area (Å²) >= 11 is 0. The molecule has 0 aromatic rings. The van der Waals surface area contributed by atoms with Crippen LogP contribution in [0.1, 0.15) is 6.42 Å². The quantitative estimate of drug-likeness (QED) is 0.463. The predicted octanol–water partition coefficient (Wildman–Crippen LogP) is -1.31. The van der Waals surface area contributed by atoms with Crippen molar-refractivity contribution < 1.29 is 34.0 Å². The van der Waals surface area contributed by atoms with Gasteiger partial charge in [0.25, 0.3) is 0 Å². The van der Waals surface area contributed by atoms with E-state index in [1.54, 1.807) is 0 Å². The number of aliphatic hydroxyl groups excluding tert-OH is 3. The maximum atomic E-state index is 11.1. The average molecular weight is 256 g/mol. The molecule has 0 aliphatic heterocycles. The molecule has 1 aliphatic rings. The molecule has 0 radical (unpaired) electrons. The summed E-state index contributed by atoms with van der Waals surface area (Å²) in [5, 5.41) is 28.8. The summed E-state index contributed by atoms with van der Waals surface area (Å²) in [6.45, 7) is 0.940. The molecule has 0 spiro atoms. The molecule has 0 aromatic carbocycles. The van der Waals surface area contributed by atoms with Crippen molar-refractivity contribution in [1.29, 1.82) is 0 Å². The Bertz CT molecular complexity index is 278. The fourth-order valence-electron chi connectivity index (χ4n) is 1.74. The zero-order chi connectivity index (χ0) is 12.5. The van der Waals surface area contributed by atoms with E-state index in [0.717, 1.165) is 6.66 Å². The minimum atomic E-state index is -3.86. The van der Waals surface area contributed by atoms with Crippen molar-refractivity contribution in [2.75, 3.05) is 13.8 Å². The van der Waals surface area contributed by atoms with Crippen molar-refractivity contribution in [1.82, 2.24) is 0 Å². The normalized spacial score (nSPS) is 44.0. The van der Waals surface area contributed by atoms with Crippen LogP contribution in [0.15, 0.2) is 0 Å². The Kier molecular flexibility index (Phi) is 4.48. The van der Waals surface area contributed by atoms with Gasteiger partial charge >= 0.3 is 7.60 Å². The Morgan fingerprint density at radius 1 is 1.25 bits per heavy atom. The van der Waals surface area contributed by atoms with E-state index in [1.807, 2.05) is 0 Å². The van der Waals surface area contributed by atoms with Crippen LogP contribution in [0.4, 0.5) is 0 Å². The molecular formula is C8H17O7P. The summed E-state index contributed by atoms with van der Waals surface area (Å²) in [6, 6.07) is 0. The van der Waals surface area contributed by atoms with Gasteiger partial charge in [0.15, 0.2) is 0 Å². The average Bonchev–Trinajstić information content (AvgIpc) is 2.17. The third-order valence-electron chi connectivity index (χ3n) is 2.54. The molecule has 1 rings (SSSR count). The number of hydrogen-bond acceptors (Lipinski definition) is 6. The molecule has 0 heterocycles. The fourth-order valence-corrected chi connectivity index (χ4v) is 2.44. The maximum Gasteiger partial charge on any atom is 0.325 e. The highest BCUT2D eigenvalue weighted by molar-refractivity contribution is 7.51. The highest BCUT2D eigenvalue weighted by Gasteiger charge is 2.45. The minimum absolute atomic E-state index is 0.0398. The molecule has 0 amide bonds. The molecular weight excluding hydrogens is 239 g/mol. The Morgan fingerprint density at radius 3 is 2.25 bits per heavy atom. The molecule has 1 unspecified atom stereocenters. The zero-order valence-electron chi connectivity index (χ0n) is 9.05. The fraction of sp³-hybridized carbons (Fsp3) is 1.00. The van der Waals surface area contributed by atoms with E-state index < -0.39 is 38.1 Å². The first-order chi connectivity index (χ1) is 7.26. The van der Waals surface area contributed by atoms with Crippen molar-refractivity contribution in [2.24, 2.45) is 0 Å². The van der Waals surface area contributed by atoms with E-state index in [-0.39, 0.29) is 6.42 Å². The van der Waals surface area contributed by atoms with Crippen LogP contribution < -0.4 is 0 Å². The van der Waals surface area contributed by atoms with Gasteiger partial charge in [0.1, 0.15) is 18.3 Å². The highest BCUT2D eigenvalue weighted by Crippen LogP contribution is 2.42. The van der Waals surface area contributed by atoms with Crippen LogP contribution in [0, 0.1) is 0 Å². The van der Waals surface area contributed by atoms with Crippen LogP contribution in [0.5, 0.6) is 0 Å². The first kappa shape index (κ1) is 14.1. The van der Waals surface area contributed by atoms with Gasteiger partial charge in [-0.1, -0.05) is 0 Å². The molecule has 7 nitrogen and oxygen atoms in total. The molecule has 0 aromatic heterocycles. The third kappa shape index (κ3) is 3.24. The topological polar surface area (TPSA) is 116 Å². The molecule has 6 atom stereocenters. The number of hydrogen-bond donors (Lipinski definition) is 4. The van der Waals surface area contributed by atoms with Crippen LogP contribution in [0.25, 0.3) is 0 Å². The lowest BCUT2D eigenvalue weighted by molar-refractivity contribution is -0.176. The maximum absolute atomic E-state index is 11.1. The highest BCUT2D eigenvalue weighted by atomic mass is 31.2. The number of ether oxygens (including phenoxy) is 1. The van der Waals surface area contributed by atoms with Crippen LogP contribution >= 0.6 is 7.60 Å². The first-order valence-corrected chi connectivity index (χ1v) is 6.84. The zero-order valence-corrected chi connectivity index (χ0v) is 9.95. The summed E-state index contributed by atoms with van der Waals surface area (Å²) in [4.78, 5) is 9.04. The van der Waals surface area contributed by atoms with Crippen molar-refractivity contribution in [3.05, 3.63) is 0 Å². The lowest BCUT2D eigenvalue weighted by Crippen LogP contribution is -2.57. The lowest BCUT2D eigenvalue weighted by Gasteiger charge is -2.39. The molecule has 4 N–H and O–H groups in total. The van der Waals surface area contributed by atoms with Crippen LogP contribution in [-0.2, 0) is 13.8 Å². The first-order valence-electron chi connectivity index (χ1n) is 4.82.